The average molecular weight is 487 g/mol. The molecule has 182 valence electrons. The van der Waals surface area contributed by atoms with Crippen LogP contribution in [0.3, 0.4) is 0 Å². The summed E-state index contributed by atoms with van der Waals surface area (Å²) in [7, 11) is 5.90. The number of pyridine rings is 1. The SMILES string of the molecule is CCN1C(=O)c2c(O)c(=O)c(C(=O)N(C)Cc3ccc(P)cc3C)cn2N2C[C@H](COC)C[C@@H]12. The number of aryl methyl sites for hydroxylation is 1. The number of amides is 2. The van der Waals surface area contributed by atoms with Gasteiger partial charge in [0.15, 0.2) is 11.4 Å². The van der Waals surface area contributed by atoms with Gasteiger partial charge in [-0.1, -0.05) is 18.2 Å². The van der Waals surface area contributed by atoms with Crippen molar-refractivity contribution in [1.29, 1.82) is 0 Å². The Hall–Kier alpha value is -2.90. The molecule has 0 bridgehead atoms. The number of aromatic hydroxyl groups is 1. The number of nitrogens with zero attached hydrogens (tertiary/aromatic N) is 4. The Morgan fingerprint density at radius 1 is 1.32 bits per heavy atom. The van der Waals surface area contributed by atoms with Crippen molar-refractivity contribution >= 4 is 26.4 Å². The number of hydrogen-bond donors (Lipinski definition) is 1. The lowest BCUT2D eigenvalue weighted by Gasteiger charge is -2.42. The van der Waals surface area contributed by atoms with E-state index >= 15 is 0 Å². The molecule has 9 nitrogen and oxygen atoms in total. The van der Waals surface area contributed by atoms with Gasteiger partial charge >= 0.3 is 0 Å². The number of aromatic nitrogens is 1. The van der Waals surface area contributed by atoms with Crippen LogP contribution in [0.2, 0.25) is 0 Å². The van der Waals surface area contributed by atoms with E-state index in [1.807, 2.05) is 37.1 Å². The van der Waals surface area contributed by atoms with Gasteiger partial charge in [0.05, 0.1) is 6.61 Å². The fourth-order valence-electron chi connectivity index (χ4n) is 4.96. The first-order valence-electron chi connectivity index (χ1n) is 11.3. The van der Waals surface area contributed by atoms with Crippen molar-refractivity contribution in [2.24, 2.45) is 5.92 Å². The molecule has 2 aliphatic rings. The van der Waals surface area contributed by atoms with Gasteiger partial charge in [-0.25, -0.2) is 0 Å². The van der Waals surface area contributed by atoms with E-state index in [2.05, 4.69) is 9.24 Å². The number of benzene rings is 1. The fraction of sp³-hybridized carbons (Fsp3) is 0.458. The number of carbonyl (C=O) groups excluding carboxylic acids is 2. The molecule has 1 aromatic carbocycles. The van der Waals surface area contributed by atoms with Crippen molar-refractivity contribution in [3.05, 3.63) is 57.0 Å². The third kappa shape index (κ3) is 4.07. The van der Waals surface area contributed by atoms with E-state index in [1.54, 1.807) is 19.1 Å². The Labute approximate surface area is 201 Å². The van der Waals surface area contributed by atoms with Gasteiger partial charge in [0.2, 0.25) is 5.43 Å². The molecule has 1 saturated heterocycles. The van der Waals surface area contributed by atoms with Gasteiger partial charge in [0.25, 0.3) is 11.8 Å². The van der Waals surface area contributed by atoms with Crippen LogP contribution < -0.4 is 15.7 Å². The summed E-state index contributed by atoms with van der Waals surface area (Å²) in [4.78, 5) is 42.6. The molecule has 3 atom stereocenters. The lowest BCUT2D eigenvalue weighted by molar-refractivity contribution is 0.0596. The Balaban J connectivity index is 1.72. The highest BCUT2D eigenvalue weighted by atomic mass is 31.0. The molecule has 4 rings (SSSR count). The molecule has 3 heterocycles. The molecule has 0 aliphatic carbocycles. The standard InChI is InChI=1S/C24H31N4O5P/c1-5-26-19-9-15(13-33-4)10-27(19)28-12-18(21(29)22(30)20(28)24(26)32)23(31)25(3)11-16-6-7-17(34)8-14(16)2/h6-8,12,15,19,30H,5,9-11,13,34H2,1-4H3/t15-,19+/m1/s1. The predicted octanol–water partition coefficient (Wildman–Crippen LogP) is 1.04. The predicted molar refractivity (Wildman–Crippen MR) is 132 cm³/mol. The lowest BCUT2D eigenvalue weighted by atomic mass is 10.1. The minimum absolute atomic E-state index is 0.104. The van der Waals surface area contributed by atoms with Gasteiger partial charge in [0, 0.05) is 45.9 Å². The average Bonchev–Trinajstić information content (AvgIpc) is 3.21. The molecule has 1 unspecified atom stereocenters. The maximum Gasteiger partial charge on any atom is 0.278 e. The van der Waals surface area contributed by atoms with Crippen LogP contribution in [0.4, 0.5) is 0 Å². The Morgan fingerprint density at radius 2 is 2.06 bits per heavy atom. The second kappa shape index (κ2) is 9.39. The van der Waals surface area contributed by atoms with Gasteiger partial charge in [-0.15, -0.1) is 9.24 Å². The highest BCUT2D eigenvalue weighted by Crippen LogP contribution is 2.32. The van der Waals surface area contributed by atoms with Gasteiger partial charge in [-0.3, -0.25) is 24.1 Å². The first-order valence-corrected chi connectivity index (χ1v) is 11.9. The quantitative estimate of drug-likeness (QED) is 0.614. The smallest absolute Gasteiger partial charge is 0.278 e. The molecule has 34 heavy (non-hydrogen) atoms. The molecular formula is C24H31N4O5P. The van der Waals surface area contributed by atoms with Gasteiger partial charge < -0.3 is 19.6 Å². The number of methoxy groups -OCH3 is 1. The molecule has 1 N–H and O–H groups in total. The van der Waals surface area contributed by atoms with E-state index in [0.717, 1.165) is 16.4 Å². The summed E-state index contributed by atoms with van der Waals surface area (Å²) in [6.07, 6.45) is 1.87. The summed E-state index contributed by atoms with van der Waals surface area (Å²) >= 11 is 0. The lowest BCUT2D eigenvalue weighted by Crippen LogP contribution is -2.58. The third-order valence-corrected chi connectivity index (χ3v) is 7.05. The fourth-order valence-corrected chi connectivity index (χ4v) is 5.30. The van der Waals surface area contributed by atoms with Crippen LogP contribution in [0.5, 0.6) is 5.75 Å². The van der Waals surface area contributed by atoms with Gasteiger partial charge in [-0.05, 0) is 36.7 Å². The Morgan fingerprint density at radius 3 is 2.71 bits per heavy atom. The molecule has 1 fully saturated rings. The zero-order valence-electron chi connectivity index (χ0n) is 19.9. The minimum Gasteiger partial charge on any atom is -0.502 e. The maximum atomic E-state index is 13.3. The second-order valence-electron chi connectivity index (χ2n) is 9.01. The first-order chi connectivity index (χ1) is 16.2. The number of rotatable bonds is 6. The van der Waals surface area contributed by atoms with Crippen LogP contribution in [0.1, 0.15) is 45.3 Å². The summed E-state index contributed by atoms with van der Waals surface area (Å²) < 4.78 is 6.83. The van der Waals surface area contributed by atoms with Crippen LogP contribution in [0.15, 0.2) is 29.2 Å². The summed E-state index contributed by atoms with van der Waals surface area (Å²) in [5.74, 6) is -1.45. The van der Waals surface area contributed by atoms with Crippen LogP contribution >= 0.6 is 9.24 Å². The van der Waals surface area contributed by atoms with Crippen LogP contribution in [0.25, 0.3) is 0 Å². The van der Waals surface area contributed by atoms with Gasteiger partial charge in [-0.2, -0.15) is 0 Å². The normalized spacial score (nSPS) is 19.3. The van der Waals surface area contributed by atoms with Crippen LogP contribution in [0, 0.1) is 12.8 Å². The topological polar surface area (TPSA) is 95.3 Å². The van der Waals surface area contributed by atoms with Crippen molar-refractivity contribution in [3.8, 4) is 5.75 Å². The van der Waals surface area contributed by atoms with Crippen molar-refractivity contribution in [1.82, 2.24) is 14.5 Å². The highest BCUT2D eigenvalue weighted by molar-refractivity contribution is 7.27. The molecular weight excluding hydrogens is 455 g/mol. The largest absolute Gasteiger partial charge is 0.502 e. The molecule has 10 heteroatoms. The van der Waals surface area contributed by atoms with Crippen molar-refractivity contribution in [3.63, 3.8) is 0 Å². The van der Waals surface area contributed by atoms with Crippen molar-refractivity contribution in [2.75, 3.05) is 38.9 Å². The summed E-state index contributed by atoms with van der Waals surface area (Å²) in [6, 6.07) is 5.90. The Bertz CT molecular complexity index is 1200. The first kappa shape index (κ1) is 24.2. The number of hydrogen-bond acceptors (Lipinski definition) is 6. The second-order valence-corrected chi connectivity index (χ2v) is 9.68. The van der Waals surface area contributed by atoms with E-state index in [1.165, 1.54) is 15.8 Å². The summed E-state index contributed by atoms with van der Waals surface area (Å²) in [6.45, 7) is 5.68. The van der Waals surface area contributed by atoms with E-state index in [9.17, 15) is 19.5 Å². The zero-order valence-corrected chi connectivity index (χ0v) is 21.1. The molecule has 0 radical (unpaired) electrons. The minimum atomic E-state index is -0.837. The Kier molecular flexibility index (Phi) is 6.69. The molecule has 2 amide bonds. The molecule has 2 aliphatic heterocycles. The summed E-state index contributed by atoms with van der Waals surface area (Å²) in [5.41, 5.74) is 0.880. The van der Waals surface area contributed by atoms with Crippen molar-refractivity contribution < 1.29 is 19.4 Å². The monoisotopic (exact) mass is 486 g/mol. The molecule has 1 aromatic heterocycles. The summed E-state index contributed by atoms with van der Waals surface area (Å²) in [5, 5.41) is 13.8. The molecule has 0 spiro atoms. The number of ether oxygens (including phenoxy) is 1. The highest BCUT2D eigenvalue weighted by Gasteiger charge is 2.45. The maximum absolute atomic E-state index is 13.3. The third-order valence-electron chi connectivity index (χ3n) is 6.69. The van der Waals surface area contributed by atoms with Gasteiger partial charge in [0.1, 0.15) is 11.7 Å². The van der Waals surface area contributed by atoms with Crippen LogP contribution in [-0.2, 0) is 11.3 Å². The van der Waals surface area contributed by atoms with E-state index in [4.69, 9.17) is 4.74 Å². The molecule has 2 aromatic rings. The van der Waals surface area contributed by atoms with E-state index in [0.29, 0.717) is 32.7 Å². The van der Waals surface area contributed by atoms with Crippen LogP contribution in [-0.4, -0.2) is 71.4 Å². The zero-order chi connectivity index (χ0) is 24.7. The van der Waals surface area contributed by atoms with E-state index in [-0.39, 0.29) is 23.3 Å². The molecule has 0 saturated carbocycles. The number of carbonyl (C=O) groups is 2. The van der Waals surface area contributed by atoms with E-state index < -0.39 is 23.0 Å². The number of fused-ring (bicyclic) bond motifs is 3. The van der Waals surface area contributed by atoms with Crippen molar-refractivity contribution in [2.45, 2.75) is 33.0 Å².